The highest BCUT2D eigenvalue weighted by Gasteiger charge is 2.50. The second-order valence-corrected chi connectivity index (χ2v) is 7.10. The number of hydrogen-bond donors (Lipinski definition) is 1. The molecule has 1 fully saturated rings. The van der Waals surface area contributed by atoms with Crippen molar-refractivity contribution in [3.05, 3.63) is 52.8 Å². The molecule has 0 bridgehead atoms. The molecular formula is C21H25N3O4. The summed E-state index contributed by atoms with van der Waals surface area (Å²) in [5.74, 6) is -0.237. The van der Waals surface area contributed by atoms with E-state index in [0.717, 1.165) is 22.8 Å². The van der Waals surface area contributed by atoms with Gasteiger partial charge >= 0.3 is 6.03 Å². The van der Waals surface area contributed by atoms with Crippen molar-refractivity contribution in [1.82, 2.24) is 14.8 Å². The summed E-state index contributed by atoms with van der Waals surface area (Å²) in [6.07, 6.45) is 0. The zero-order valence-electron chi connectivity index (χ0n) is 16.8. The third-order valence-electron chi connectivity index (χ3n) is 5.41. The van der Waals surface area contributed by atoms with Crippen molar-refractivity contribution in [3.8, 4) is 5.75 Å². The van der Waals surface area contributed by atoms with Crippen LogP contribution in [0.4, 0.5) is 4.79 Å². The zero-order chi connectivity index (χ0) is 20.6. The summed E-state index contributed by atoms with van der Waals surface area (Å²) in [7, 11) is 1.51. The van der Waals surface area contributed by atoms with Gasteiger partial charge in [-0.3, -0.25) is 14.5 Å². The second kappa shape index (κ2) is 7.14. The van der Waals surface area contributed by atoms with Crippen molar-refractivity contribution in [1.29, 1.82) is 0 Å². The van der Waals surface area contributed by atoms with Crippen molar-refractivity contribution in [2.45, 2.75) is 39.8 Å². The van der Waals surface area contributed by atoms with Gasteiger partial charge in [0.1, 0.15) is 11.3 Å². The number of benzene rings is 1. The number of Topliss-reactive ketones (excluding diaryl/α,β-unsaturated/α-hetero) is 1. The van der Waals surface area contributed by atoms with Crippen molar-refractivity contribution < 1.29 is 19.1 Å². The molecule has 7 nitrogen and oxygen atoms in total. The van der Waals surface area contributed by atoms with E-state index in [4.69, 9.17) is 4.74 Å². The number of para-hydroxylation sites is 1. The molecule has 0 aliphatic carbocycles. The standard InChI is InChI=1S/C21H25N3O4/c1-6-23-13(2)11-15(14(23)3)17(25)12-24-19(26)21(4,22-20(24)27)16-9-7-8-10-18(16)28-5/h7-11H,6,12H2,1-5H3,(H,22,27). The monoisotopic (exact) mass is 383 g/mol. The number of urea groups is 1. The lowest BCUT2D eigenvalue weighted by Crippen LogP contribution is -2.41. The van der Waals surface area contributed by atoms with Gasteiger partial charge in [0.15, 0.2) is 5.78 Å². The predicted molar refractivity (Wildman–Crippen MR) is 105 cm³/mol. The number of nitrogens with zero attached hydrogens (tertiary/aromatic N) is 2. The molecule has 1 unspecified atom stereocenters. The lowest BCUT2D eigenvalue weighted by Gasteiger charge is -2.24. The Hall–Kier alpha value is -3.09. The minimum atomic E-state index is -1.29. The summed E-state index contributed by atoms with van der Waals surface area (Å²) < 4.78 is 7.37. The van der Waals surface area contributed by atoms with Gasteiger partial charge in [0.2, 0.25) is 0 Å². The predicted octanol–water partition coefficient (Wildman–Crippen LogP) is 2.78. The third kappa shape index (κ3) is 2.96. The van der Waals surface area contributed by atoms with Crippen LogP contribution in [-0.4, -0.2) is 40.8 Å². The van der Waals surface area contributed by atoms with E-state index >= 15 is 0 Å². The van der Waals surface area contributed by atoms with E-state index < -0.39 is 17.5 Å². The fourth-order valence-electron chi connectivity index (χ4n) is 3.88. The van der Waals surface area contributed by atoms with Crippen LogP contribution in [0.3, 0.4) is 0 Å². The summed E-state index contributed by atoms with van der Waals surface area (Å²) in [5, 5.41) is 2.72. The molecule has 148 valence electrons. The van der Waals surface area contributed by atoms with Crippen LogP contribution in [0.5, 0.6) is 5.75 Å². The summed E-state index contributed by atoms with van der Waals surface area (Å²) in [4.78, 5) is 39.5. The van der Waals surface area contributed by atoms with Crippen LogP contribution >= 0.6 is 0 Å². The van der Waals surface area contributed by atoms with Gasteiger partial charge in [-0.05, 0) is 39.8 Å². The number of hydrogen-bond acceptors (Lipinski definition) is 4. The zero-order valence-corrected chi connectivity index (χ0v) is 16.8. The smallest absolute Gasteiger partial charge is 0.325 e. The maximum absolute atomic E-state index is 13.1. The highest BCUT2D eigenvalue weighted by atomic mass is 16.5. The number of rotatable bonds is 6. The van der Waals surface area contributed by atoms with Gasteiger partial charge < -0.3 is 14.6 Å². The van der Waals surface area contributed by atoms with Gasteiger partial charge in [0.25, 0.3) is 5.91 Å². The molecule has 1 atom stereocenters. The molecule has 1 aromatic carbocycles. The summed E-state index contributed by atoms with van der Waals surface area (Å²) in [6.45, 7) is 7.88. The topological polar surface area (TPSA) is 80.6 Å². The molecule has 0 saturated carbocycles. The van der Waals surface area contributed by atoms with Crippen LogP contribution in [0.25, 0.3) is 0 Å². The molecule has 0 spiro atoms. The number of nitrogens with one attached hydrogen (secondary N) is 1. The molecule has 1 aliphatic heterocycles. The number of carbonyl (C=O) groups is 3. The van der Waals surface area contributed by atoms with Crippen molar-refractivity contribution >= 4 is 17.7 Å². The number of methoxy groups -OCH3 is 1. The fraction of sp³-hybridized carbons (Fsp3) is 0.381. The van der Waals surface area contributed by atoms with Gasteiger partial charge in [0, 0.05) is 29.1 Å². The molecule has 7 heteroatoms. The molecular weight excluding hydrogens is 358 g/mol. The average Bonchev–Trinajstić information content (AvgIpc) is 3.09. The molecule has 28 heavy (non-hydrogen) atoms. The second-order valence-electron chi connectivity index (χ2n) is 7.10. The molecule has 2 heterocycles. The number of ether oxygens (including phenoxy) is 1. The van der Waals surface area contributed by atoms with Crippen LogP contribution in [0, 0.1) is 13.8 Å². The van der Waals surface area contributed by atoms with E-state index in [-0.39, 0.29) is 12.3 Å². The molecule has 1 saturated heterocycles. The largest absolute Gasteiger partial charge is 0.496 e. The first-order chi connectivity index (χ1) is 13.2. The Kier molecular flexibility index (Phi) is 5.02. The molecule has 2 aromatic rings. The highest BCUT2D eigenvalue weighted by molar-refractivity contribution is 6.11. The molecule has 1 aromatic heterocycles. The molecule has 3 amide bonds. The lowest BCUT2D eigenvalue weighted by molar-refractivity contribution is -0.130. The van der Waals surface area contributed by atoms with Gasteiger partial charge in [0.05, 0.1) is 13.7 Å². The normalized spacial score (nSPS) is 19.1. The Morgan fingerprint density at radius 1 is 1.21 bits per heavy atom. The Morgan fingerprint density at radius 3 is 2.50 bits per heavy atom. The van der Waals surface area contributed by atoms with E-state index in [9.17, 15) is 14.4 Å². The Balaban J connectivity index is 1.89. The minimum Gasteiger partial charge on any atom is -0.496 e. The SMILES string of the molecule is CCn1c(C)cc(C(=O)CN2C(=O)NC(C)(c3ccccc3OC)C2=O)c1C. The minimum absolute atomic E-state index is 0.263. The summed E-state index contributed by atoms with van der Waals surface area (Å²) in [5.41, 5.74) is 1.61. The number of ketones is 1. The van der Waals surface area contributed by atoms with E-state index in [0.29, 0.717) is 16.9 Å². The third-order valence-corrected chi connectivity index (χ3v) is 5.41. The van der Waals surface area contributed by atoms with Crippen LogP contribution in [-0.2, 0) is 16.9 Å². The first-order valence-corrected chi connectivity index (χ1v) is 9.22. The maximum atomic E-state index is 13.1. The molecule has 0 radical (unpaired) electrons. The van der Waals surface area contributed by atoms with Gasteiger partial charge in [-0.15, -0.1) is 0 Å². The Labute approximate surface area is 164 Å². The lowest BCUT2D eigenvalue weighted by atomic mass is 9.91. The van der Waals surface area contributed by atoms with Crippen LogP contribution in [0.1, 0.15) is 41.2 Å². The van der Waals surface area contributed by atoms with Gasteiger partial charge in [-0.1, -0.05) is 18.2 Å². The fourth-order valence-corrected chi connectivity index (χ4v) is 3.88. The first kappa shape index (κ1) is 19.7. The van der Waals surface area contributed by atoms with Gasteiger partial charge in [-0.25, -0.2) is 4.79 Å². The van der Waals surface area contributed by atoms with Gasteiger partial charge in [-0.2, -0.15) is 0 Å². The number of imide groups is 1. The molecule has 3 rings (SSSR count). The molecule has 1 aliphatic rings. The number of carbonyl (C=O) groups excluding carboxylic acids is 3. The van der Waals surface area contributed by atoms with Crippen molar-refractivity contribution in [2.24, 2.45) is 0 Å². The highest BCUT2D eigenvalue weighted by Crippen LogP contribution is 2.34. The Morgan fingerprint density at radius 2 is 1.89 bits per heavy atom. The van der Waals surface area contributed by atoms with Crippen molar-refractivity contribution in [3.63, 3.8) is 0 Å². The maximum Gasteiger partial charge on any atom is 0.325 e. The Bertz CT molecular complexity index is 963. The average molecular weight is 383 g/mol. The molecule has 1 N–H and O–H groups in total. The van der Waals surface area contributed by atoms with Crippen molar-refractivity contribution in [2.75, 3.05) is 13.7 Å². The van der Waals surface area contributed by atoms with E-state index in [1.165, 1.54) is 7.11 Å². The summed E-state index contributed by atoms with van der Waals surface area (Å²) >= 11 is 0. The van der Waals surface area contributed by atoms with Crippen LogP contribution in [0.2, 0.25) is 0 Å². The van der Waals surface area contributed by atoms with E-state index in [2.05, 4.69) is 5.32 Å². The van der Waals surface area contributed by atoms with Crippen LogP contribution < -0.4 is 10.1 Å². The number of aromatic nitrogens is 1. The van der Waals surface area contributed by atoms with E-state index in [1.54, 1.807) is 37.3 Å². The van der Waals surface area contributed by atoms with Crippen LogP contribution in [0.15, 0.2) is 30.3 Å². The number of aryl methyl sites for hydroxylation is 1. The first-order valence-electron chi connectivity index (χ1n) is 9.22. The number of amides is 3. The van der Waals surface area contributed by atoms with E-state index in [1.807, 2.05) is 25.3 Å². The summed E-state index contributed by atoms with van der Waals surface area (Å²) in [6, 6.07) is 8.24. The quantitative estimate of drug-likeness (QED) is 0.614.